The molecule has 8 aromatic rings. The van der Waals surface area contributed by atoms with Crippen LogP contribution in [0.15, 0.2) is 193 Å². The quantitative estimate of drug-likeness (QED) is 0.0843. The Balaban J connectivity index is 0.903. The van der Waals surface area contributed by atoms with Crippen molar-refractivity contribution in [2.45, 2.75) is 117 Å². The van der Waals surface area contributed by atoms with Crippen LogP contribution in [-0.2, 0) is 21.7 Å². The van der Waals surface area contributed by atoms with Crippen molar-refractivity contribution in [3.8, 4) is 0 Å². The summed E-state index contributed by atoms with van der Waals surface area (Å²) in [4.78, 5) is 5.24. The van der Waals surface area contributed by atoms with Crippen LogP contribution in [0.4, 0.5) is 22.7 Å². The van der Waals surface area contributed by atoms with Crippen molar-refractivity contribution >= 4 is 77.3 Å². The van der Waals surface area contributed by atoms with Gasteiger partial charge in [0.1, 0.15) is 13.1 Å². The molecule has 4 heteroatoms. The van der Waals surface area contributed by atoms with Crippen molar-refractivity contribution in [3.63, 3.8) is 0 Å². The van der Waals surface area contributed by atoms with Gasteiger partial charge in [-0.3, -0.25) is 0 Å². The molecule has 0 amide bonds. The minimum Gasteiger partial charge on any atom is -0.344 e. The summed E-state index contributed by atoms with van der Waals surface area (Å²) in [7, 11) is 0. The maximum atomic E-state index is 2.62. The first kappa shape index (κ1) is 49.6. The Morgan fingerprint density at radius 2 is 0.724 bits per heavy atom. The van der Waals surface area contributed by atoms with Gasteiger partial charge in [0.25, 0.3) is 0 Å². The zero-order valence-electron chi connectivity index (χ0n) is 46.8. The molecule has 382 valence electrons. The van der Waals surface area contributed by atoms with Gasteiger partial charge < -0.3 is 9.80 Å². The van der Waals surface area contributed by atoms with E-state index < -0.39 is 0 Å². The summed E-state index contributed by atoms with van der Waals surface area (Å²) in [6, 6.07) is 54.7. The van der Waals surface area contributed by atoms with Crippen molar-refractivity contribution < 1.29 is 9.15 Å². The molecule has 4 aliphatic heterocycles. The molecule has 0 N–H and O–H groups in total. The van der Waals surface area contributed by atoms with Gasteiger partial charge in [0, 0.05) is 82.1 Å². The van der Waals surface area contributed by atoms with E-state index in [1.165, 1.54) is 111 Å². The first-order chi connectivity index (χ1) is 36.8. The van der Waals surface area contributed by atoms with Crippen molar-refractivity contribution in [2.75, 3.05) is 36.0 Å². The molecule has 0 saturated carbocycles. The molecule has 0 radical (unpaired) electrons. The van der Waals surface area contributed by atoms with Gasteiger partial charge in [-0.2, -0.15) is 9.15 Å². The average Bonchev–Trinajstić information content (AvgIpc) is 4.23. The van der Waals surface area contributed by atoms with Crippen LogP contribution in [0.1, 0.15) is 117 Å². The summed E-state index contributed by atoms with van der Waals surface area (Å²) in [5.41, 5.74) is 16.0. The smallest absolute Gasteiger partial charge is 0.210 e. The van der Waals surface area contributed by atoms with Crippen molar-refractivity contribution in [2.24, 2.45) is 0 Å². The summed E-state index contributed by atoms with van der Waals surface area (Å²) >= 11 is 0. The molecule has 0 fully saturated rings. The van der Waals surface area contributed by atoms with Gasteiger partial charge in [0.2, 0.25) is 11.4 Å². The monoisotopic (exact) mass is 997 g/mol. The molecule has 2 atom stereocenters. The predicted octanol–water partition coefficient (Wildman–Crippen LogP) is 17.8. The summed E-state index contributed by atoms with van der Waals surface area (Å²) in [5.74, 6) is 0. The SMILES string of the molecule is CCN1C(=CC=CC2=[N+](CC)c3ccc4ccccc4c3C2(C)C)C(C)(CCCCC2(C)C(=CC=CC3=[N+](CC)c4ccc5ccccc5c4C3(C)C)N(CC)c3ccc4ccccc4c32)c2c1ccc1ccccc21. The van der Waals surface area contributed by atoms with E-state index in [2.05, 4.69) is 270 Å². The lowest BCUT2D eigenvalue weighted by atomic mass is 9.72. The summed E-state index contributed by atoms with van der Waals surface area (Å²) < 4.78 is 5.09. The number of hydrogen-bond acceptors (Lipinski definition) is 2. The highest BCUT2D eigenvalue weighted by Gasteiger charge is 2.49. The van der Waals surface area contributed by atoms with Crippen LogP contribution in [-0.4, -0.2) is 46.8 Å². The van der Waals surface area contributed by atoms with E-state index in [-0.39, 0.29) is 21.7 Å². The average molecular weight is 997 g/mol. The highest BCUT2D eigenvalue weighted by molar-refractivity contribution is 6.09. The lowest BCUT2D eigenvalue weighted by Crippen LogP contribution is -2.30. The van der Waals surface area contributed by atoms with Gasteiger partial charge in [-0.05, 0) is 173 Å². The second-order valence-corrected chi connectivity index (χ2v) is 23.4. The molecule has 12 rings (SSSR count). The maximum Gasteiger partial charge on any atom is 0.210 e. The molecule has 0 aromatic heterocycles. The van der Waals surface area contributed by atoms with Crippen LogP contribution in [0.5, 0.6) is 0 Å². The van der Waals surface area contributed by atoms with E-state index in [1.807, 2.05) is 0 Å². The molecule has 0 aliphatic carbocycles. The minimum atomic E-state index is -0.201. The second-order valence-electron chi connectivity index (χ2n) is 23.4. The zero-order chi connectivity index (χ0) is 52.7. The number of hydrogen-bond donors (Lipinski definition) is 0. The number of nitrogens with zero attached hydrogens (tertiary/aromatic N) is 4. The van der Waals surface area contributed by atoms with Gasteiger partial charge >= 0.3 is 0 Å². The summed E-state index contributed by atoms with van der Waals surface area (Å²) in [6.45, 7) is 27.7. The van der Waals surface area contributed by atoms with E-state index >= 15 is 0 Å². The van der Waals surface area contributed by atoms with Crippen LogP contribution >= 0.6 is 0 Å². The number of unbranched alkanes of at least 4 members (excludes halogenated alkanes) is 1. The fourth-order valence-corrected chi connectivity index (χ4v) is 15.1. The Hall–Kier alpha value is -7.30. The number of allylic oxidation sites excluding steroid dienone is 8. The van der Waals surface area contributed by atoms with E-state index in [9.17, 15) is 0 Å². The molecule has 4 aliphatic rings. The third-order valence-corrected chi connectivity index (χ3v) is 18.6. The molecule has 0 spiro atoms. The number of fused-ring (bicyclic) bond motifs is 12. The lowest BCUT2D eigenvalue weighted by molar-refractivity contribution is -0.433. The first-order valence-corrected chi connectivity index (χ1v) is 28.5. The predicted molar refractivity (Wildman–Crippen MR) is 326 cm³/mol. The maximum absolute atomic E-state index is 2.62. The first-order valence-electron chi connectivity index (χ1n) is 28.5. The van der Waals surface area contributed by atoms with Crippen LogP contribution in [0.3, 0.4) is 0 Å². The number of rotatable bonds is 13. The van der Waals surface area contributed by atoms with Crippen molar-refractivity contribution in [1.82, 2.24) is 0 Å². The van der Waals surface area contributed by atoms with E-state index in [0.29, 0.717) is 0 Å². The standard InChI is InChI=1S/C72H76N4/c1-11-73-57-43-39-49-27-15-19-31-53(49)65(57)69(5,6)61(73)35-25-37-63-71(9,67-55-33-21-17-29-51(55)41-45-59(67)75(63)13-3)47-23-24-48-72(10)64(76(14-4)60-46-42-52-30-18-22-34-56(52)68(60)72)38-26-36-62-70(7,8)66-54-32-20-16-28-50(54)40-44-58(66)74(62)12-2/h15-22,25-46H,11-14,23-24,47-48H2,1-10H3/q+2. The van der Waals surface area contributed by atoms with Gasteiger partial charge in [-0.15, -0.1) is 0 Å². The Morgan fingerprint density at radius 1 is 0.395 bits per heavy atom. The Morgan fingerprint density at radius 3 is 1.07 bits per heavy atom. The van der Waals surface area contributed by atoms with Crippen molar-refractivity contribution in [3.05, 3.63) is 216 Å². The molecule has 2 unspecified atom stereocenters. The summed E-state index contributed by atoms with van der Waals surface area (Å²) in [5, 5.41) is 10.7. The molecule has 0 bridgehead atoms. The Kier molecular flexibility index (Phi) is 12.2. The molecule has 0 saturated heterocycles. The van der Waals surface area contributed by atoms with Gasteiger partial charge in [-0.1, -0.05) is 134 Å². The van der Waals surface area contributed by atoms with Gasteiger partial charge in [0.15, 0.2) is 11.4 Å². The molecule has 4 heterocycles. The normalized spacial score (nSPS) is 21.6. The number of anilines is 2. The Labute approximate surface area is 452 Å². The van der Waals surface area contributed by atoms with E-state index in [0.717, 1.165) is 51.9 Å². The number of likely N-dealkylation sites (N-methyl/N-ethyl adjacent to an activating group) is 2. The van der Waals surface area contributed by atoms with E-state index in [1.54, 1.807) is 0 Å². The fourth-order valence-electron chi connectivity index (χ4n) is 15.1. The lowest BCUT2D eigenvalue weighted by Gasteiger charge is -2.32. The van der Waals surface area contributed by atoms with E-state index in [4.69, 9.17) is 0 Å². The third kappa shape index (κ3) is 7.37. The largest absolute Gasteiger partial charge is 0.344 e. The van der Waals surface area contributed by atoms with Crippen LogP contribution in [0.2, 0.25) is 0 Å². The van der Waals surface area contributed by atoms with Crippen LogP contribution in [0, 0.1) is 0 Å². The van der Waals surface area contributed by atoms with Crippen molar-refractivity contribution in [1.29, 1.82) is 0 Å². The fraction of sp³-hybridized carbons (Fsp3) is 0.306. The molecule has 76 heavy (non-hydrogen) atoms. The van der Waals surface area contributed by atoms with Gasteiger partial charge in [0.05, 0.1) is 10.8 Å². The Bertz CT molecular complexity index is 3620. The highest BCUT2D eigenvalue weighted by Crippen LogP contribution is 2.56. The minimum absolute atomic E-state index is 0.149. The zero-order valence-corrected chi connectivity index (χ0v) is 46.8. The topological polar surface area (TPSA) is 12.5 Å². The van der Waals surface area contributed by atoms with Crippen LogP contribution < -0.4 is 9.80 Å². The number of benzene rings is 8. The van der Waals surface area contributed by atoms with Crippen LogP contribution in [0.25, 0.3) is 43.1 Å². The second kappa shape index (κ2) is 18.8. The molecular weight excluding hydrogens is 921 g/mol. The highest BCUT2D eigenvalue weighted by atomic mass is 15.2. The molecule has 8 aromatic carbocycles. The third-order valence-electron chi connectivity index (χ3n) is 18.6. The molecule has 4 nitrogen and oxygen atoms in total. The summed E-state index contributed by atoms with van der Waals surface area (Å²) in [6.07, 6.45) is 18.9. The van der Waals surface area contributed by atoms with Gasteiger partial charge in [-0.25, -0.2) is 0 Å². The molecular formula is C72H76N4+2.